The van der Waals surface area contributed by atoms with Crippen LogP contribution >= 0.6 is 0 Å². The first-order valence-electron chi connectivity index (χ1n) is 21.6. The van der Waals surface area contributed by atoms with Crippen LogP contribution in [0.15, 0.2) is 158 Å². The molecule has 0 radical (unpaired) electrons. The predicted molar refractivity (Wildman–Crippen MR) is 261 cm³/mol. The lowest BCUT2D eigenvalue weighted by Crippen LogP contribution is -2.15. The first kappa shape index (κ1) is 34.7. The predicted octanol–water partition coefficient (Wildman–Crippen LogP) is 15.8. The van der Waals surface area contributed by atoms with Crippen molar-refractivity contribution in [3.8, 4) is 0 Å². The molecular weight excluding hydrogens is 741 g/mol. The third kappa shape index (κ3) is 4.62. The summed E-state index contributed by atoms with van der Waals surface area (Å²) in [6, 6.07) is 58.7. The van der Waals surface area contributed by atoms with E-state index in [2.05, 4.69) is 213 Å². The Bertz CT molecular complexity index is 3890. The van der Waals surface area contributed by atoms with Crippen molar-refractivity contribution in [2.45, 2.75) is 52.4 Å². The van der Waals surface area contributed by atoms with E-state index < -0.39 is 0 Å². The van der Waals surface area contributed by atoms with Gasteiger partial charge in [0.15, 0.2) is 0 Å². The minimum Gasteiger partial charge on any atom is -0.308 e. The van der Waals surface area contributed by atoms with Gasteiger partial charge in [-0.2, -0.15) is 0 Å². The molecule has 4 heteroatoms. The van der Waals surface area contributed by atoms with Crippen molar-refractivity contribution in [2.24, 2.45) is 0 Å². The van der Waals surface area contributed by atoms with Gasteiger partial charge in [0.1, 0.15) is 5.65 Å². The highest BCUT2D eigenvalue weighted by molar-refractivity contribution is 6.34. The van der Waals surface area contributed by atoms with Gasteiger partial charge in [0.05, 0.1) is 38.8 Å². The largest absolute Gasteiger partial charge is 0.308 e. The van der Waals surface area contributed by atoms with E-state index in [0.29, 0.717) is 0 Å². The lowest BCUT2D eigenvalue weighted by molar-refractivity contribution is 0.591. The Morgan fingerprint density at radius 2 is 0.951 bits per heavy atom. The zero-order valence-corrected chi connectivity index (χ0v) is 35.3. The van der Waals surface area contributed by atoms with E-state index in [-0.39, 0.29) is 10.8 Å². The second-order valence-corrected chi connectivity index (χ2v) is 19.3. The van der Waals surface area contributed by atoms with E-state index in [4.69, 9.17) is 4.98 Å². The zero-order valence-electron chi connectivity index (χ0n) is 35.3. The van der Waals surface area contributed by atoms with Crippen molar-refractivity contribution >= 4 is 115 Å². The summed E-state index contributed by atoms with van der Waals surface area (Å²) in [4.78, 5) is 8.43. The fourth-order valence-electron chi connectivity index (χ4n) is 10.6. The van der Waals surface area contributed by atoms with Crippen LogP contribution in [0, 0.1) is 0 Å². The Hall–Kier alpha value is -7.17. The van der Waals surface area contributed by atoms with Gasteiger partial charge in [-0.1, -0.05) is 139 Å². The standard InChI is InChI=1S/C57H44N4/c1-56(2,3)35-28-43-44-30-36(57(4,5)6)31-48(59(37-19-9-7-10-20-37)38-21-11-8-12-22-38)53(44)61-52(43)45(29-35)46-32-47-50(58-55(46)61)49-39-23-15-14-18-34(39)27-42-41-26-25-33-17-13-16-24-40(33)51(41)60(47)54(42)49/h7-32H,1-6H3. The number of para-hydroxylation sites is 2. The molecule has 13 aromatic rings. The van der Waals surface area contributed by atoms with E-state index in [1.807, 2.05) is 0 Å². The summed E-state index contributed by atoms with van der Waals surface area (Å²) < 4.78 is 5.06. The third-order valence-electron chi connectivity index (χ3n) is 13.6. The van der Waals surface area contributed by atoms with Crippen LogP contribution < -0.4 is 4.90 Å². The molecule has 0 saturated carbocycles. The highest BCUT2D eigenvalue weighted by Gasteiger charge is 2.30. The molecule has 0 fully saturated rings. The SMILES string of the molecule is CC(C)(C)c1cc(N(c2ccccc2)c2ccccc2)c2c(c1)c1cc(C(C)(C)C)cc3c4cc5c(nc4n2c31)c1c2ccccc2cc2c3ccc4ccccc4c3n5c21. The monoisotopic (exact) mass is 784 g/mol. The van der Waals surface area contributed by atoms with Crippen molar-refractivity contribution in [3.05, 3.63) is 169 Å². The number of pyridine rings is 1. The van der Waals surface area contributed by atoms with Crippen LogP contribution in [-0.4, -0.2) is 13.8 Å². The van der Waals surface area contributed by atoms with Crippen LogP contribution in [-0.2, 0) is 10.8 Å². The number of aromatic nitrogens is 3. The summed E-state index contributed by atoms with van der Waals surface area (Å²) in [5, 5.41) is 13.7. The number of benzene rings is 8. The summed E-state index contributed by atoms with van der Waals surface area (Å²) in [7, 11) is 0. The average Bonchev–Trinajstić information content (AvgIpc) is 3.98. The van der Waals surface area contributed by atoms with Crippen LogP contribution in [0.4, 0.5) is 17.1 Å². The van der Waals surface area contributed by atoms with Crippen molar-refractivity contribution in [1.29, 1.82) is 0 Å². The highest BCUT2D eigenvalue weighted by Crippen LogP contribution is 2.50. The topological polar surface area (TPSA) is 25.0 Å². The van der Waals surface area contributed by atoms with Crippen molar-refractivity contribution in [3.63, 3.8) is 0 Å². The van der Waals surface area contributed by atoms with E-state index in [0.717, 1.165) is 33.7 Å². The molecule has 0 saturated heterocycles. The molecule has 8 aromatic carbocycles. The Kier molecular flexibility index (Phi) is 6.69. The molecule has 0 unspecified atom stereocenters. The molecule has 0 N–H and O–H groups in total. The zero-order chi connectivity index (χ0) is 41.1. The average molecular weight is 785 g/mol. The maximum absolute atomic E-state index is 5.98. The van der Waals surface area contributed by atoms with E-state index in [9.17, 15) is 0 Å². The number of fused-ring (bicyclic) bond motifs is 16. The van der Waals surface area contributed by atoms with E-state index in [1.165, 1.54) is 92.4 Å². The molecule has 0 aliphatic carbocycles. The molecule has 0 amide bonds. The molecule has 0 aliphatic heterocycles. The second-order valence-electron chi connectivity index (χ2n) is 19.3. The molecule has 0 spiro atoms. The number of rotatable bonds is 3. The molecule has 0 atom stereocenters. The maximum Gasteiger partial charge on any atom is 0.146 e. The summed E-state index contributed by atoms with van der Waals surface area (Å²) >= 11 is 0. The lowest BCUT2D eigenvalue weighted by Gasteiger charge is -2.29. The molecule has 292 valence electrons. The van der Waals surface area contributed by atoms with Gasteiger partial charge in [-0.05, 0) is 98.8 Å². The summed E-state index contributed by atoms with van der Waals surface area (Å²) in [5.41, 5.74) is 13.9. The van der Waals surface area contributed by atoms with Gasteiger partial charge in [0.2, 0.25) is 0 Å². The molecule has 13 rings (SSSR count). The van der Waals surface area contributed by atoms with Gasteiger partial charge < -0.3 is 9.30 Å². The van der Waals surface area contributed by atoms with E-state index in [1.54, 1.807) is 0 Å². The minimum absolute atomic E-state index is 0.0759. The Morgan fingerprint density at radius 1 is 0.410 bits per heavy atom. The summed E-state index contributed by atoms with van der Waals surface area (Å²) in [6.07, 6.45) is 0. The second kappa shape index (κ2) is 11.8. The number of nitrogens with zero attached hydrogens (tertiary/aromatic N) is 4. The van der Waals surface area contributed by atoms with Gasteiger partial charge in [-0.15, -0.1) is 0 Å². The van der Waals surface area contributed by atoms with Crippen LogP contribution in [0.5, 0.6) is 0 Å². The van der Waals surface area contributed by atoms with Crippen molar-refractivity contribution in [2.75, 3.05) is 4.90 Å². The van der Waals surface area contributed by atoms with Crippen molar-refractivity contribution < 1.29 is 0 Å². The van der Waals surface area contributed by atoms with Gasteiger partial charge in [0.25, 0.3) is 0 Å². The normalized spacial score (nSPS) is 13.1. The van der Waals surface area contributed by atoms with Gasteiger partial charge >= 0.3 is 0 Å². The first-order valence-corrected chi connectivity index (χ1v) is 21.6. The highest BCUT2D eigenvalue weighted by atomic mass is 15.2. The molecule has 4 nitrogen and oxygen atoms in total. The number of anilines is 3. The van der Waals surface area contributed by atoms with Crippen LogP contribution in [0.1, 0.15) is 52.7 Å². The molecule has 61 heavy (non-hydrogen) atoms. The van der Waals surface area contributed by atoms with E-state index >= 15 is 0 Å². The maximum atomic E-state index is 5.98. The van der Waals surface area contributed by atoms with Gasteiger partial charge in [0, 0.05) is 54.5 Å². The number of hydrogen-bond donors (Lipinski definition) is 0. The van der Waals surface area contributed by atoms with Crippen LogP contribution in [0.2, 0.25) is 0 Å². The Balaban J connectivity index is 1.29. The summed E-state index contributed by atoms with van der Waals surface area (Å²) in [6.45, 7) is 14.0. The number of hydrogen-bond acceptors (Lipinski definition) is 2. The fourth-order valence-corrected chi connectivity index (χ4v) is 10.6. The molecule has 5 heterocycles. The van der Waals surface area contributed by atoms with Crippen molar-refractivity contribution in [1.82, 2.24) is 13.8 Å². The quantitative estimate of drug-likeness (QED) is 0.178. The third-order valence-corrected chi connectivity index (χ3v) is 13.6. The first-order chi connectivity index (χ1) is 29.5. The van der Waals surface area contributed by atoms with Crippen LogP contribution in [0.25, 0.3) is 98.0 Å². The molecule has 0 bridgehead atoms. The lowest BCUT2D eigenvalue weighted by atomic mass is 9.84. The molecule has 5 aromatic heterocycles. The van der Waals surface area contributed by atoms with Crippen LogP contribution in [0.3, 0.4) is 0 Å². The Labute approximate surface area is 353 Å². The minimum atomic E-state index is -0.0951. The smallest absolute Gasteiger partial charge is 0.146 e. The summed E-state index contributed by atoms with van der Waals surface area (Å²) in [5.74, 6) is 0. The molecule has 0 aliphatic rings. The molecular formula is C57H44N4. The van der Waals surface area contributed by atoms with Gasteiger partial charge in [-0.3, -0.25) is 4.40 Å². The van der Waals surface area contributed by atoms with Gasteiger partial charge in [-0.25, -0.2) is 4.98 Å². The fraction of sp³-hybridized carbons (Fsp3) is 0.140. The Morgan fingerprint density at radius 3 is 1.62 bits per heavy atom.